The number of ether oxygens (including phenoxy) is 1. The molecular weight excluding hydrogens is 610 g/mol. The van der Waals surface area contributed by atoms with Crippen molar-refractivity contribution in [3.8, 4) is 5.75 Å². The highest BCUT2D eigenvalue weighted by Gasteiger charge is 2.77. The molecule has 3 heterocycles. The summed E-state index contributed by atoms with van der Waals surface area (Å²) >= 11 is 8.28. The highest BCUT2D eigenvalue weighted by Crippen LogP contribution is 2.69. The number of rotatable bonds is 12. The fourth-order valence-corrected chi connectivity index (χ4v) is 10.4. The standard InChI is InChI=1S/C35H42ClN3O5S/c1-7-17-37(24-13-15-25(16-14-24)44-9-3)32(41)28-27-19-22(5)35(45-27)29(28)33(42)39(23(6)20-40)31(35)34(43)38(18-8-2)30-21(4)11-10-12-26(30)36/h7-8,10-16,22-23,27-29,31,40H,1-2,9,17-20H2,3-6H3/t22?,23-,27+,28-,29+,31?,35?/m1/s1. The number of halogens is 1. The van der Waals surface area contributed by atoms with Gasteiger partial charge in [-0.05, 0) is 69.0 Å². The third-order valence-electron chi connectivity index (χ3n) is 9.51. The average molecular weight is 652 g/mol. The zero-order valence-electron chi connectivity index (χ0n) is 26.3. The smallest absolute Gasteiger partial charge is 0.251 e. The number of likely N-dealkylation sites (tertiary alicyclic amines) is 1. The molecule has 1 spiro atoms. The summed E-state index contributed by atoms with van der Waals surface area (Å²) in [7, 11) is 0. The van der Waals surface area contributed by atoms with E-state index < -0.39 is 28.7 Å². The maximum atomic E-state index is 14.9. The minimum Gasteiger partial charge on any atom is -0.494 e. The van der Waals surface area contributed by atoms with Crippen LogP contribution >= 0.6 is 23.4 Å². The minimum atomic E-state index is -0.908. The monoisotopic (exact) mass is 651 g/mol. The third kappa shape index (κ3) is 5.36. The molecule has 240 valence electrons. The first kappa shape index (κ1) is 33.1. The fraction of sp³-hybridized carbons (Fsp3) is 0.457. The van der Waals surface area contributed by atoms with Crippen LogP contribution in [0, 0.1) is 24.7 Å². The summed E-state index contributed by atoms with van der Waals surface area (Å²) in [5, 5.41) is 10.6. The highest BCUT2D eigenvalue weighted by atomic mass is 35.5. The number of aliphatic hydroxyl groups is 1. The summed E-state index contributed by atoms with van der Waals surface area (Å²) in [4.78, 5) is 48.9. The summed E-state index contributed by atoms with van der Waals surface area (Å²) in [5.74, 6) is -1.44. The van der Waals surface area contributed by atoms with Gasteiger partial charge in [0.05, 0.1) is 46.5 Å². The third-order valence-corrected chi connectivity index (χ3v) is 11.9. The number of amides is 3. The van der Waals surface area contributed by atoms with Crippen molar-refractivity contribution in [3.63, 3.8) is 0 Å². The summed E-state index contributed by atoms with van der Waals surface area (Å²) < 4.78 is 4.73. The van der Waals surface area contributed by atoms with Crippen molar-refractivity contribution in [2.45, 2.75) is 56.2 Å². The molecule has 3 amide bonds. The van der Waals surface area contributed by atoms with Gasteiger partial charge in [0.25, 0.3) is 5.91 Å². The van der Waals surface area contributed by atoms with E-state index in [-0.39, 0.29) is 48.6 Å². The molecule has 10 heteroatoms. The van der Waals surface area contributed by atoms with Crippen LogP contribution in [0.3, 0.4) is 0 Å². The molecule has 0 aromatic heterocycles. The van der Waals surface area contributed by atoms with Gasteiger partial charge >= 0.3 is 0 Å². The summed E-state index contributed by atoms with van der Waals surface area (Å²) in [6.07, 6.45) is 4.01. The Balaban J connectivity index is 1.60. The number of aryl methyl sites for hydroxylation is 1. The molecule has 0 radical (unpaired) electrons. The predicted octanol–water partition coefficient (Wildman–Crippen LogP) is 5.50. The lowest BCUT2D eigenvalue weighted by molar-refractivity contribution is -0.141. The Labute approximate surface area is 275 Å². The SMILES string of the molecule is C=CCN(C(=O)[C@@H]1[C@@H]2CC(C)C3(S2)C(C(=O)N(CC=C)c2c(C)cccc2Cl)N([C@H](C)CO)C(=O)[C@H]13)c1ccc(OCC)cc1. The molecule has 3 unspecified atom stereocenters. The molecule has 2 aromatic carbocycles. The van der Waals surface area contributed by atoms with Gasteiger partial charge in [-0.15, -0.1) is 24.9 Å². The van der Waals surface area contributed by atoms with E-state index in [0.717, 1.165) is 5.56 Å². The summed E-state index contributed by atoms with van der Waals surface area (Å²) in [6.45, 7) is 16.1. The van der Waals surface area contributed by atoms with Crippen molar-refractivity contribution in [1.29, 1.82) is 0 Å². The maximum absolute atomic E-state index is 14.9. The largest absolute Gasteiger partial charge is 0.494 e. The number of fused-ring (bicyclic) bond motifs is 1. The second-order valence-corrected chi connectivity index (χ2v) is 14.1. The zero-order valence-corrected chi connectivity index (χ0v) is 27.9. The molecule has 8 nitrogen and oxygen atoms in total. The number of thioether (sulfide) groups is 1. The van der Waals surface area contributed by atoms with Crippen molar-refractivity contribution in [3.05, 3.63) is 78.4 Å². The number of hydrogen-bond donors (Lipinski definition) is 1. The number of benzene rings is 2. The van der Waals surface area contributed by atoms with E-state index in [1.54, 1.807) is 51.6 Å². The van der Waals surface area contributed by atoms with Crippen LogP contribution in [-0.2, 0) is 14.4 Å². The molecule has 7 atom stereocenters. The first-order valence-corrected chi connectivity index (χ1v) is 16.8. The molecule has 45 heavy (non-hydrogen) atoms. The molecule has 0 saturated carbocycles. The Kier molecular flexibility index (Phi) is 9.73. The number of nitrogens with zero attached hydrogens (tertiary/aromatic N) is 3. The van der Waals surface area contributed by atoms with Crippen LogP contribution in [0.4, 0.5) is 11.4 Å². The number of hydrogen-bond acceptors (Lipinski definition) is 6. The van der Waals surface area contributed by atoms with E-state index in [1.807, 2.05) is 50.2 Å². The highest BCUT2D eigenvalue weighted by molar-refractivity contribution is 8.02. The lowest BCUT2D eigenvalue weighted by atomic mass is 9.65. The molecule has 3 saturated heterocycles. The van der Waals surface area contributed by atoms with Crippen LogP contribution < -0.4 is 14.5 Å². The van der Waals surface area contributed by atoms with Gasteiger partial charge in [0.2, 0.25) is 11.8 Å². The Bertz CT molecular complexity index is 1460. The lowest BCUT2D eigenvalue weighted by Gasteiger charge is -2.42. The maximum Gasteiger partial charge on any atom is 0.251 e. The number of aliphatic hydroxyl groups excluding tert-OH is 1. The second-order valence-electron chi connectivity index (χ2n) is 12.1. The van der Waals surface area contributed by atoms with E-state index in [9.17, 15) is 19.5 Å². The van der Waals surface area contributed by atoms with Crippen molar-refractivity contribution in [2.24, 2.45) is 17.8 Å². The van der Waals surface area contributed by atoms with Crippen LogP contribution in [0.2, 0.25) is 5.02 Å². The lowest BCUT2D eigenvalue weighted by Crippen LogP contribution is -2.59. The van der Waals surface area contributed by atoms with Crippen molar-refractivity contribution < 1.29 is 24.2 Å². The number of para-hydroxylation sites is 1. The molecule has 0 aliphatic carbocycles. The number of carbonyl (C=O) groups excluding carboxylic acids is 3. The van der Waals surface area contributed by atoms with E-state index >= 15 is 0 Å². The van der Waals surface area contributed by atoms with Crippen molar-refractivity contribution in [2.75, 3.05) is 36.1 Å². The summed E-state index contributed by atoms with van der Waals surface area (Å²) in [6, 6.07) is 11.2. The molecule has 2 aromatic rings. The first-order valence-electron chi connectivity index (χ1n) is 15.5. The second kappa shape index (κ2) is 13.2. The van der Waals surface area contributed by atoms with Gasteiger partial charge in [-0.1, -0.05) is 42.8 Å². The molecule has 1 N–H and O–H groups in total. The van der Waals surface area contributed by atoms with Crippen LogP contribution in [0.5, 0.6) is 5.75 Å². The Morgan fingerprint density at radius 2 is 1.82 bits per heavy atom. The molecule has 3 aliphatic heterocycles. The van der Waals surface area contributed by atoms with Gasteiger partial charge in [0.15, 0.2) is 0 Å². The van der Waals surface area contributed by atoms with Crippen molar-refractivity contribution in [1.82, 2.24) is 4.90 Å². The van der Waals surface area contributed by atoms with Gasteiger partial charge < -0.3 is 24.5 Å². The van der Waals surface area contributed by atoms with Gasteiger partial charge in [-0.3, -0.25) is 14.4 Å². The van der Waals surface area contributed by atoms with Crippen LogP contribution in [0.25, 0.3) is 0 Å². The Morgan fingerprint density at radius 3 is 2.42 bits per heavy atom. The van der Waals surface area contributed by atoms with Crippen LogP contribution in [0.15, 0.2) is 67.8 Å². The van der Waals surface area contributed by atoms with E-state index in [1.165, 1.54) is 0 Å². The molecule has 2 bridgehead atoms. The van der Waals surface area contributed by atoms with Crippen molar-refractivity contribution >= 4 is 52.5 Å². The van der Waals surface area contributed by atoms with Gasteiger partial charge in [0, 0.05) is 24.0 Å². The van der Waals surface area contributed by atoms with Crippen LogP contribution in [0.1, 0.15) is 32.8 Å². The normalized spacial score (nSPS) is 27.2. The molecule has 3 fully saturated rings. The van der Waals surface area contributed by atoms with Gasteiger partial charge in [-0.25, -0.2) is 0 Å². The topological polar surface area (TPSA) is 90.4 Å². The molecule has 3 aliphatic rings. The van der Waals surface area contributed by atoms with Gasteiger partial charge in [0.1, 0.15) is 11.8 Å². The van der Waals surface area contributed by atoms with Crippen LogP contribution in [-0.4, -0.2) is 76.1 Å². The Hall–Kier alpha value is -3.27. The van der Waals surface area contributed by atoms with E-state index in [0.29, 0.717) is 35.2 Å². The zero-order chi connectivity index (χ0) is 32.6. The quantitative estimate of drug-likeness (QED) is 0.305. The summed E-state index contributed by atoms with van der Waals surface area (Å²) in [5.41, 5.74) is 2.07. The minimum absolute atomic E-state index is 0.0356. The predicted molar refractivity (Wildman–Crippen MR) is 181 cm³/mol. The van der Waals surface area contributed by atoms with Gasteiger partial charge in [-0.2, -0.15) is 0 Å². The average Bonchev–Trinajstić information content (AvgIpc) is 3.62. The number of carbonyl (C=O) groups is 3. The Morgan fingerprint density at radius 1 is 1.16 bits per heavy atom. The molecular formula is C35H42ClN3O5S. The fourth-order valence-electron chi connectivity index (χ4n) is 7.64. The number of anilines is 2. The first-order chi connectivity index (χ1) is 21.6. The van der Waals surface area contributed by atoms with E-state index in [2.05, 4.69) is 20.1 Å². The molecule has 5 rings (SSSR count). The van der Waals surface area contributed by atoms with E-state index in [4.69, 9.17) is 16.3 Å².